The van der Waals surface area contributed by atoms with Crippen molar-refractivity contribution in [2.75, 3.05) is 20.3 Å². The van der Waals surface area contributed by atoms with E-state index in [1.807, 2.05) is 11.3 Å². The molecule has 3 nitrogen and oxygen atoms in total. The zero-order chi connectivity index (χ0) is 12.3. The Morgan fingerprint density at radius 2 is 2.24 bits per heavy atom. The second-order valence-corrected chi connectivity index (χ2v) is 6.07. The van der Waals surface area contributed by atoms with Gasteiger partial charge < -0.3 is 10.1 Å². The lowest BCUT2D eigenvalue weighted by atomic mass is 10.1. The van der Waals surface area contributed by atoms with Crippen molar-refractivity contribution >= 4 is 11.3 Å². The Morgan fingerprint density at radius 3 is 2.82 bits per heavy atom. The van der Waals surface area contributed by atoms with E-state index in [0.29, 0.717) is 5.92 Å². The van der Waals surface area contributed by atoms with Gasteiger partial charge in [-0.1, -0.05) is 13.8 Å². The van der Waals surface area contributed by atoms with Gasteiger partial charge in [-0.15, -0.1) is 11.3 Å². The van der Waals surface area contributed by atoms with Crippen molar-refractivity contribution in [1.82, 2.24) is 10.3 Å². The highest BCUT2D eigenvalue weighted by Crippen LogP contribution is 2.43. The van der Waals surface area contributed by atoms with Crippen molar-refractivity contribution in [2.45, 2.75) is 45.1 Å². The van der Waals surface area contributed by atoms with Gasteiger partial charge in [0.15, 0.2) is 0 Å². The van der Waals surface area contributed by atoms with Crippen LogP contribution in [-0.4, -0.2) is 25.2 Å². The van der Waals surface area contributed by atoms with Crippen LogP contribution in [-0.2, 0) is 11.3 Å². The smallest absolute Gasteiger partial charge is 0.0962 e. The summed E-state index contributed by atoms with van der Waals surface area (Å²) in [6.07, 6.45) is 2.67. The van der Waals surface area contributed by atoms with Crippen LogP contribution in [0.15, 0.2) is 0 Å². The van der Waals surface area contributed by atoms with E-state index in [9.17, 15) is 0 Å². The molecule has 0 radical (unpaired) electrons. The predicted octanol–water partition coefficient (Wildman–Crippen LogP) is 2.88. The molecule has 1 fully saturated rings. The van der Waals surface area contributed by atoms with Crippen LogP contribution >= 0.6 is 11.3 Å². The van der Waals surface area contributed by atoms with Crippen LogP contribution in [0.25, 0.3) is 0 Å². The topological polar surface area (TPSA) is 34.1 Å². The van der Waals surface area contributed by atoms with Crippen molar-refractivity contribution in [3.63, 3.8) is 0 Å². The molecular formula is C13H22N2OS. The van der Waals surface area contributed by atoms with Gasteiger partial charge in [0.1, 0.15) is 0 Å². The van der Waals surface area contributed by atoms with E-state index in [1.165, 1.54) is 28.4 Å². The first-order valence-corrected chi connectivity index (χ1v) is 7.23. The molecule has 0 spiro atoms. The van der Waals surface area contributed by atoms with Gasteiger partial charge in [-0.2, -0.15) is 0 Å². The van der Waals surface area contributed by atoms with E-state index in [1.54, 1.807) is 7.11 Å². The predicted molar refractivity (Wildman–Crippen MR) is 71.8 cm³/mol. The minimum absolute atomic E-state index is 0.526. The molecule has 1 aromatic rings. The van der Waals surface area contributed by atoms with Crippen molar-refractivity contribution in [2.24, 2.45) is 0 Å². The quantitative estimate of drug-likeness (QED) is 0.760. The van der Waals surface area contributed by atoms with Crippen LogP contribution in [0, 0.1) is 0 Å². The Bertz CT molecular complexity index is 358. The number of rotatable bonds is 7. The van der Waals surface area contributed by atoms with Crippen LogP contribution in [0.3, 0.4) is 0 Å². The van der Waals surface area contributed by atoms with Crippen LogP contribution in [0.2, 0.25) is 0 Å². The van der Waals surface area contributed by atoms with E-state index in [4.69, 9.17) is 9.72 Å². The molecule has 1 aliphatic carbocycles. The summed E-state index contributed by atoms with van der Waals surface area (Å²) in [6, 6.07) is 0. The monoisotopic (exact) mass is 254 g/mol. The van der Waals surface area contributed by atoms with Gasteiger partial charge in [0.25, 0.3) is 0 Å². The molecule has 0 aromatic carbocycles. The first-order chi connectivity index (χ1) is 8.22. The molecule has 1 aliphatic rings. The van der Waals surface area contributed by atoms with Crippen molar-refractivity contribution < 1.29 is 4.74 Å². The van der Waals surface area contributed by atoms with Gasteiger partial charge in [0.05, 0.1) is 17.3 Å². The summed E-state index contributed by atoms with van der Waals surface area (Å²) in [5, 5.41) is 4.77. The van der Waals surface area contributed by atoms with E-state index in [0.717, 1.165) is 25.6 Å². The van der Waals surface area contributed by atoms with E-state index < -0.39 is 0 Å². The molecule has 0 amide bonds. The Kier molecular flexibility index (Phi) is 4.54. The third-order valence-corrected chi connectivity index (χ3v) is 4.22. The number of hydrogen-bond donors (Lipinski definition) is 1. The van der Waals surface area contributed by atoms with Gasteiger partial charge >= 0.3 is 0 Å². The molecule has 0 unspecified atom stereocenters. The van der Waals surface area contributed by atoms with E-state index >= 15 is 0 Å². The van der Waals surface area contributed by atoms with Gasteiger partial charge in [-0.25, -0.2) is 4.98 Å². The van der Waals surface area contributed by atoms with Crippen molar-refractivity contribution in [1.29, 1.82) is 0 Å². The van der Waals surface area contributed by atoms with Crippen LogP contribution in [0.1, 0.15) is 54.1 Å². The normalized spacial score (nSPS) is 15.8. The Morgan fingerprint density at radius 1 is 1.47 bits per heavy atom. The molecule has 0 aliphatic heterocycles. The summed E-state index contributed by atoms with van der Waals surface area (Å²) >= 11 is 1.90. The molecule has 1 N–H and O–H groups in total. The van der Waals surface area contributed by atoms with E-state index in [-0.39, 0.29) is 0 Å². The number of aromatic nitrogens is 1. The average molecular weight is 254 g/mol. The zero-order valence-corrected chi connectivity index (χ0v) is 11.8. The number of nitrogens with zero attached hydrogens (tertiary/aromatic N) is 1. The molecule has 4 heteroatoms. The molecule has 0 saturated heterocycles. The maximum Gasteiger partial charge on any atom is 0.0962 e. The van der Waals surface area contributed by atoms with Crippen LogP contribution in [0.4, 0.5) is 0 Å². The van der Waals surface area contributed by atoms with Crippen LogP contribution in [0.5, 0.6) is 0 Å². The third-order valence-electron chi connectivity index (χ3n) is 2.99. The van der Waals surface area contributed by atoms with Gasteiger partial charge in [-0.3, -0.25) is 0 Å². The molecule has 0 atom stereocenters. The molecule has 0 bridgehead atoms. The number of thiazole rings is 1. The molecule has 2 rings (SSSR count). The third kappa shape index (κ3) is 3.50. The summed E-state index contributed by atoms with van der Waals surface area (Å²) in [5.74, 6) is 1.29. The lowest BCUT2D eigenvalue weighted by Crippen LogP contribution is -2.18. The number of methoxy groups -OCH3 is 1. The first kappa shape index (κ1) is 13.0. The highest BCUT2D eigenvalue weighted by Gasteiger charge is 2.28. The molecule has 96 valence electrons. The fourth-order valence-electron chi connectivity index (χ4n) is 1.84. The standard InChI is InChI=1S/C13H22N2OS/c1-9(2)12-11(8-14-6-7-16-3)17-13(15-12)10-4-5-10/h9-10,14H,4-8H2,1-3H3. The minimum Gasteiger partial charge on any atom is -0.383 e. The maximum atomic E-state index is 5.04. The average Bonchev–Trinajstić information content (AvgIpc) is 3.05. The lowest BCUT2D eigenvalue weighted by molar-refractivity contribution is 0.199. The van der Waals surface area contributed by atoms with Gasteiger partial charge in [-0.05, 0) is 18.8 Å². The fraction of sp³-hybridized carbons (Fsp3) is 0.769. The van der Waals surface area contributed by atoms with Crippen molar-refractivity contribution in [3.05, 3.63) is 15.6 Å². The second kappa shape index (κ2) is 5.94. The Balaban J connectivity index is 1.97. The Hall–Kier alpha value is -0.450. The summed E-state index contributed by atoms with van der Waals surface area (Å²) < 4.78 is 5.04. The van der Waals surface area contributed by atoms with E-state index in [2.05, 4.69) is 19.2 Å². The molecule has 1 heterocycles. The number of hydrogen-bond acceptors (Lipinski definition) is 4. The zero-order valence-electron chi connectivity index (χ0n) is 11.0. The highest BCUT2D eigenvalue weighted by molar-refractivity contribution is 7.11. The SMILES string of the molecule is COCCNCc1sc(C2CC2)nc1C(C)C. The van der Waals surface area contributed by atoms with Crippen molar-refractivity contribution in [3.8, 4) is 0 Å². The summed E-state index contributed by atoms with van der Waals surface area (Å²) in [6.45, 7) is 7.06. The highest BCUT2D eigenvalue weighted by atomic mass is 32.1. The summed E-state index contributed by atoms with van der Waals surface area (Å²) in [4.78, 5) is 6.23. The van der Waals surface area contributed by atoms with Gasteiger partial charge in [0.2, 0.25) is 0 Å². The minimum atomic E-state index is 0.526. The number of nitrogens with one attached hydrogen (secondary N) is 1. The summed E-state index contributed by atoms with van der Waals surface area (Å²) in [5.41, 5.74) is 1.29. The largest absolute Gasteiger partial charge is 0.383 e. The summed E-state index contributed by atoms with van der Waals surface area (Å²) in [7, 11) is 1.74. The maximum absolute atomic E-state index is 5.04. The first-order valence-electron chi connectivity index (χ1n) is 6.41. The molecule has 1 aromatic heterocycles. The second-order valence-electron chi connectivity index (χ2n) is 4.96. The van der Waals surface area contributed by atoms with Crippen LogP contribution < -0.4 is 5.32 Å². The lowest BCUT2D eigenvalue weighted by Gasteiger charge is -2.06. The molecular weight excluding hydrogens is 232 g/mol. The Labute approximate surface area is 108 Å². The van der Waals surface area contributed by atoms with Gasteiger partial charge in [0, 0.05) is 31.0 Å². The molecule has 17 heavy (non-hydrogen) atoms. The molecule has 1 saturated carbocycles. The fourth-order valence-corrected chi connectivity index (χ4v) is 3.20. The number of ether oxygens (including phenoxy) is 1.